The standard InChI is InChI=1S/C23H23NO3S/c1-16(20-12-11-18-5-3-4-6-21(18)13-20)24-22(25)15-28-14-17-7-9-19(10-8-17)23(26)27-2/h3-13,16H,14-15H2,1-2H3,(H,24,25)/t16-/m0/s1. The number of thioether (sulfide) groups is 1. The summed E-state index contributed by atoms with van der Waals surface area (Å²) in [6.07, 6.45) is 0. The number of amides is 1. The van der Waals surface area contributed by atoms with Crippen LogP contribution < -0.4 is 5.32 Å². The van der Waals surface area contributed by atoms with Crippen LogP contribution in [0.15, 0.2) is 66.7 Å². The first-order valence-electron chi connectivity index (χ1n) is 9.10. The second-order valence-electron chi connectivity index (χ2n) is 6.58. The molecular weight excluding hydrogens is 370 g/mol. The van der Waals surface area contributed by atoms with Crippen LogP contribution in [0.25, 0.3) is 10.8 Å². The molecule has 0 spiro atoms. The summed E-state index contributed by atoms with van der Waals surface area (Å²) in [5.41, 5.74) is 2.68. The molecule has 5 heteroatoms. The van der Waals surface area contributed by atoms with Crippen molar-refractivity contribution >= 4 is 34.4 Å². The van der Waals surface area contributed by atoms with E-state index < -0.39 is 0 Å². The molecule has 0 radical (unpaired) electrons. The highest BCUT2D eigenvalue weighted by Crippen LogP contribution is 2.20. The number of hydrogen-bond acceptors (Lipinski definition) is 4. The summed E-state index contributed by atoms with van der Waals surface area (Å²) < 4.78 is 4.69. The minimum absolute atomic E-state index is 0.0110. The molecule has 1 atom stereocenters. The lowest BCUT2D eigenvalue weighted by molar-refractivity contribution is -0.119. The summed E-state index contributed by atoms with van der Waals surface area (Å²) in [7, 11) is 1.36. The van der Waals surface area contributed by atoms with Gasteiger partial charge in [0.2, 0.25) is 5.91 Å². The van der Waals surface area contributed by atoms with Gasteiger partial charge >= 0.3 is 5.97 Å². The molecule has 0 fully saturated rings. The largest absolute Gasteiger partial charge is 0.465 e. The predicted octanol–water partition coefficient (Wildman–Crippen LogP) is 4.74. The zero-order valence-electron chi connectivity index (χ0n) is 16.0. The highest BCUT2D eigenvalue weighted by Gasteiger charge is 2.10. The fourth-order valence-electron chi connectivity index (χ4n) is 2.96. The van der Waals surface area contributed by atoms with E-state index in [1.54, 1.807) is 23.9 Å². The Hall–Kier alpha value is -2.79. The van der Waals surface area contributed by atoms with Crippen LogP contribution in [-0.2, 0) is 15.3 Å². The second-order valence-corrected chi connectivity index (χ2v) is 7.56. The highest BCUT2D eigenvalue weighted by molar-refractivity contribution is 7.99. The van der Waals surface area contributed by atoms with E-state index in [0.717, 1.165) is 11.1 Å². The normalized spacial score (nSPS) is 11.8. The van der Waals surface area contributed by atoms with E-state index in [1.807, 2.05) is 31.2 Å². The molecule has 0 aliphatic carbocycles. The Morgan fingerprint density at radius 1 is 1.00 bits per heavy atom. The molecule has 144 valence electrons. The number of benzene rings is 3. The quantitative estimate of drug-likeness (QED) is 0.589. The Morgan fingerprint density at radius 3 is 2.43 bits per heavy atom. The number of esters is 1. The maximum Gasteiger partial charge on any atom is 0.337 e. The third-order valence-corrected chi connectivity index (χ3v) is 5.53. The van der Waals surface area contributed by atoms with E-state index >= 15 is 0 Å². The summed E-state index contributed by atoms with van der Waals surface area (Å²) >= 11 is 1.55. The monoisotopic (exact) mass is 393 g/mol. The molecule has 28 heavy (non-hydrogen) atoms. The highest BCUT2D eigenvalue weighted by atomic mass is 32.2. The van der Waals surface area contributed by atoms with Gasteiger partial charge in [0.15, 0.2) is 0 Å². The van der Waals surface area contributed by atoms with E-state index in [2.05, 4.69) is 40.4 Å². The topological polar surface area (TPSA) is 55.4 Å². The molecule has 0 aliphatic rings. The van der Waals surface area contributed by atoms with Crippen molar-refractivity contribution in [3.8, 4) is 0 Å². The molecule has 0 aliphatic heterocycles. The molecule has 0 heterocycles. The summed E-state index contributed by atoms with van der Waals surface area (Å²) in [6.45, 7) is 2.00. The van der Waals surface area contributed by atoms with E-state index in [-0.39, 0.29) is 17.9 Å². The third-order valence-electron chi connectivity index (χ3n) is 4.53. The van der Waals surface area contributed by atoms with Crippen LogP contribution in [0.1, 0.15) is 34.5 Å². The fourth-order valence-corrected chi connectivity index (χ4v) is 3.76. The van der Waals surface area contributed by atoms with E-state index in [0.29, 0.717) is 17.1 Å². The summed E-state index contributed by atoms with van der Waals surface area (Å²) in [4.78, 5) is 23.7. The van der Waals surface area contributed by atoms with Crippen LogP contribution in [0.5, 0.6) is 0 Å². The first-order chi connectivity index (χ1) is 13.6. The Balaban J connectivity index is 1.48. The van der Waals surface area contributed by atoms with Gasteiger partial charge in [-0.2, -0.15) is 0 Å². The molecule has 1 N–H and O–H groups in total. The molecule has 0 saturated carbocycles. The molecule has 0 aromatic heterocycles. The van der Waals surface area contributed by atoms with Crippen LogP contribution in [0.4, 0.5) is 0 Å². The molecule has 1 amide bonds. The van der Waals surface area contributed by atoms with Gasteiger partial charge in [-0.25, -0.2) is 4.79 Å². The number of ether oxygens (including phenoxy) is 1. The van der Waals surface area contributed by atoms with Crippen molar-refractivity contribution < 1.29 is 14.3 Å². The van der Waals surface area contributed by atoms with Crippen molar-refractivity contribution in [3.05, 3.63) is 83.4 Å². The van der Waals surface area contributed by atoms with Gasteiger partial charge in [0.1, 0.15) is 0 Å². The van der Waals surface area contributed by atoms with Gasteiger partial charge < -0.3 is 10.1 Å². The first-order valence-corrected chi connectivity index (χ1v) is 10.3. The fraction of sp³-hybridized carbons (Fsp3) is 0.217. The SMILES string of the molecule is COC(=O)c1ccc(CSCC(=O)N[C@@H](C)c2ccc3ccccc3c2)cc1. The number of carbonyl (C=O) groups excluding carboxylic acids is 2. The van der Waals surface area contributed by atoms with Crippen molar-refractivity contribution in [2.24, 2.45) is 0 Å². The van der Waals surface area contributed by atoms with Crippen molar-refractivity contribution in [2.75, 3.05) is 12.9 Å². The van der Waals surface area contributed by atoms with E-state index in [9.17, 15) is 9.59 Å². The zero-order chi connectivity index (χ0) is 19.9. The van der Waals surface area contributed by atoms with E-state index in [1.165, 1.54) is 17.9 Å². The minimum Gasteiger partial charge on any atom is -0.465 e. The molecule has 3 rings (SSSR count). The molecular formula is C23H23NO3S. The number of rotatable bonds is 7. The van der Waals surface area contributed by atoms with Crippen LogP contribution in [-0.4, -0.2) is 24.7 Å². The number of carbonyl (C=O) groups is 2. The Labute approximate surface area is 169 Å². The Bertz CT molecular complexity index is 969. The summed E-state index contributed by atoms with van der Waals surface area (Å²) in [6, 6.07) is 21.7. The molecule has 0 bridgehead atoms. The van der Waals surface area contributed by atoms with Gasteiger partial charge in [0.05, 0.1) is 24.5 Å². The first kappa shape index (κ1) is 20.0. The van der Waals surface area contributed by atoms with Gasteiger partial charge in [-0.15, -0.1) is 11.8 Å². The smallest absolute Gasteiger partial charge is 0.337 e. The lowest BCUT2D eigenvalue weighted by Gasteiger charge is -2.15. The van der Waals surface area contributed by atoms with Gasteiger partial charge in [0, 0.05) is 5.75 Å². The maximum atomic E-state index is 12.3. The second kappa shape index (κ2) is 9.42. The molecule has 0 saturated heterocycles. The predicted molar refractivity (Wildman–Crippen MR) is 114 cm³/mol. The minimum atomic E-state index is -0.346. The van der Waals surface area contributed by atoms with Gasteiger partial charge in [-0.3, -0.25) is 4.79 Å². The van der Waals surface area contributed by atoms with Crippen LogP contribution in [0, 0.1) is 0 Å². The van der Waals surface area contributed by atoms with Gasteiger partial charge in [-0.05, 0) is 47.0 Å². The van der Waals surface area contributed by atoms with Crippen LogP contribution in [0.2, 0.25) is 0 Å². The lowest BCUT2D eigenvalue weighted by Crippen LogP contribution is -2.28. The van der Waals surface area contributed by atoms with Crippen molar-refractivity contribution in [1.82, 2.24) is 5.32 Å². The number of nitrogens with one attached hydrogen (secondary N) is 1. The number of fused-ring (bicyclic) bond motifs is 1. The van der Waals surface area contributed by atoms with E-state index in [4.69, 9.17) is 0 Å². The zero-order valence-corrected chi connectivity index (χ0v) is 16.8. The summed E-state index contributed by atoms with van der Waals surface area (Å²) in [5.74, 6) is 0.758. The van der Waals surface area contributed by atoms with Crippen LogP contribution >= 0.6 is 11.8 Å². The Morgan fingerprint density at radius 2 is 1.71 bits per heavy atom. The molecule has 3 aromatic carbocycles. The molecule has 4 nitrogen and oxygen atoms in total. The molecule has 0 unspecified atom stereocenters. The molecule has 3 aromatic rings. The average molecular weight is 394 g/mol. The van der Waals surface area contributed by atoms with Crippen molar-refractivity contribution in [3.63, 3.8) is 0 Å². The lowest BCUT2D eigenvalue weighted by atomic mass is 10.0. The Kier molecular flexibility index (Phi) is 6.71. The maximum absolute atomic E-state index is 12.3. The third kappa shape index (κ3) is 5.14. The van der Waals surface area contributed by atoms with Crippen molar-refractivity contribution in [1.29, 1.82) is 0 Å². The number of methoxy groups -OCH3 is 1. The van der Waals surface area contributed by atoms with Gasteiger partial charge in [-0.1, -0.05) is 48.5 Å². The summed E-state index contributed by atoms with van der Waals surface area (Å²) in [5, 5.41) is 5.42. The average Bonchev–Trinajstić information content (AvgIpc) is 2.73. The number of hydrogen-bond donors (Lipinski definition) is 1. The van der Waals surface area contributed by atoms with Crippen molar-refractivity contribution in [2.45, 2.75) is 18.7 Å². The van der Waals surface area contributed by atoms with Crippen LogP contribution in [0.3, 0.4) is 0 Å². The van der Waals surface area contributed by atoms with Gasteiger partial charge in [0.25, 0.3) is 0 Å².